The lowest BCUT2D eigenvalue weighted by atomic mass is 9.84. The van der Waals surface area contributed by atoms with Crippen LogP contribution < -0.4 is 21.7 Å². The minimum Gasteiger partial charge on any atom is -0.377 e. The monoisotopic (exact) mass is 615 g/mol. The van der Waals surface area contributed by atoms with Crippen molar-refractivity contribution in [1.29, 1.82) is 0 Å². The summed E-state index contributed by atoms with van der Waals surface area (Å²) in [5.74, 6) is -0.849. The van der Waals surface area contributed by atoms with Gasteiger partial charge in [0.05, 0.1) is 50.1 Å². The molecule has 11 heteroatoms. The molecule has 1 aromatic carbocycles. The van der Waals surface area contributed by atoms with Crippen LogP contribution in [-0.2, 0) is 23.9 Å². The number of ether oxygens (including phenoxy) is 2. The Morgan fingerprint density at radius 1 is 0.977 bits per heavy atom. The lowest BCUT2D eigenvalue weighted by Crippen LogP contribution is -2.60. The molecule has 0 heterocycles. The van der Waals surface area contributed by atoms with E-state index in [9.17, 15) is 19.2 Å². The second-order valence-electron chi connectivity index (χ2n) is 11.3. The summed E-state index contributed by atoms with van der Waals surface area (Å²) in [6.45, 7) is 17.2. The molecule has 1 rings (SSSR count). The molecule has 0 radical (unpaired) electrons. The number of hydrogen-bond donors (Lipinski definition) is 4. The smallest absolute Gasteiger partial charge is 0.251 e. The normalized spacial score (nSPS) is 14.5. The zero-order valence-electron chi connectivity index (χ0n) is 27.0. The summed E-state index contributed by atoms with van der Waals surface area (Å²) < 4.78 is 10.7. The summed E-state index contributed by atoms with van der Waals surface area (Å²) in [6, 6.07) is 6.62. The average molecular weight is 616 g/mol. The molecule has 5 N–H and O–H groups in total. The van der Waals surface area contributed by atoms with Gasteiger partial charge in [-0.1, -0.05) is 30.7 Å². The Kier molecular flexibility index (Phi) is 18.2. The number of unbranched alkanes of at least 4 members (excludes halogenated alkanes) is 1. The van der Waals surface area contributed by atoms with Crippen LogP contribution in [0, 0.1) is 6.92 Å². The van der Waals surface area contributed by atoms with E-state index in [1.165, 1.54) is 6.08 Å². The van der Waals surface area contributed by atoms with Crippen LogP contribution in [0.25, 0.3) is 0 Å². The maximum absolute atomic E-state index is 13.4. The number of carbonyl (C=O) groups is 4. The van der Waals surface area contributed by atoms with Crippen molar-refractivity contribution in [3.05, 3.63) is 48.0 Å². The van der Waals surface area contributed by atoms with Crippen molar-refractivity contribution < 1.29 is 28.7 Å². The van der Waals surface area contributed by atoms with Crippen molar-refractivity contribution >= 4 is 30.1 Å². The Hall–Kier alpha value is -3.25. The molecule has 0 saturated heterocycles. The predicted octanol–water partition coefficient (Wildman–Crippen LogP) is 2.69. The number of nitrogens with two attached hydrogens (primary N) is 1. The van der Waals surface area contributed by atoms with E-state index in [1.807, 2.05) is 26.0 Å². The second-order valence-corrected chi connectivity index (χ2v) is 11.3. The minimum absolute atomic E-state index is 0.0164. The molecular weight excluding hydrogens is 562 g/mol. The van der Waals surface area contributed by atoms with Gasteiger partial charge in [0.25, 0.3) is 5.91 Å². The summed E-state index contributed by atoms with van der Waals surface area (Å²) in [5, 5.41) is 8.93. The quantitative estimate of drug-likeness (QED) is 0.0742. The second kappa shape index (κ2) is 20.7. The molecule has 0 aromatic heterocycles. The van der Waals surface area contributed by atoms with E-state index in [0.717, 1.165) is 5.56 Å². The van der Waals surface area contributed by atoms with Crippen LogP contribution in [0.5, 0.6) is 0 Å². The van der Waals surface area contributed by atoms with E-state index in [1.54, 1.807) is 26.0 Å². The van der Waals surface area contributed by atoms with Crippen molar-refractivity contribution in [1.82, 2.24) is 16.0 Å². The third-order valence-electron chi connectivity index (χ3n) is 7.52. The Labute approximate surface area is 262 Å². The van der Waals surface area contributed by atoms with Crippen LogP contribution in [-0.4, -0.2) is 93.3 Å². The van der Waals surface area contributed by atoms with Crippen LogP contribution in [0.1, 0.15) is 75.2 Å². The number of rotatable bonds is 25. The number of nitrogens with one attached hydrogen (secondary N) is 3. The molecule has 11 nitrogen and oxygen atoms in total. The third-order valence-corrected chi connectivity index (χ3v) is 7.52. The molecule has 3 atom stereocenters. The van der Waals surface area contributed by atoms with Gasteiger partial charge in [-0.3, -0.25) is 29.5 Å². The highest BCUT2D eigenvalue weighted by Crippen LogP contribution is 2.20. The van der Waals surface area contributed by atoms with E-state index in [4.69, 9.17) is 15.2 Å². The molecule has 0 aliphatic rings. The fourth-order valence-electron chi connectivity index (χ4n) is 4.30. The number of carbonyl (C=O) groups excluding carboxylic acids is 4. The Balaban J connectivity index is 2.61. The van der Waals surface area contributed by atoms with E-state index in [-0.39, 0.29) is 36.2 Å². The highest BCUT2D eigenvalue weighted by atomic mass is 16.5. The lowest BCUT2D eigenvalue weighted by molar-refractivity contribution is -0.130. The van der Waals surface area contributed by atoms with Gasteiger partial charge in [0.2, 0.25) is 5.91 Å². The third kappa shape index (κ3) is 14.5. The van der Waals surface area contributed by atoms with Crippen molar-refractivity contribution in [2.24, 2.45) is 10.7 Å². The predicted molar refractivity (Wildman–Crippen MR) is 174 cm³/mol. The largest absolute Gasteiger partial charge is 0.377 e. The lowest BCUT2D eigenvalue weighted by Gasteiger charge is -2.35. The number of Topliss-reactive ketones (excluding diaryl/α,β-unsaturated/α-hetero) is 2. The summed E-state index contributed by atoms with van der Waals surface area (Å²) >= 11 is 0. The summed E-state index contributed by atoms with van der Waals surface area (Å²) in [7, 11) is 0. The fourth-order valence-corrected chi connectivity index (χ4v) is 4.30. The zero-order chi connectivity index (χ0) is 33.0. The van der Waals surface area contributed by atoms with Gasteiger partial charge in [-0.15, -0.1) is 6.58 Å². The molecule has 1 aromatic rings. The van der Waals surface area contributed by atoms with E-state index < -0.39 is 17.1 Å². The topological polar surface area (TPSA) is 161 Å². The number of ketones is 2. The van der Waals surface area contributed by atoms with Gasteiger partial charge in [-0.2, -0.15) is 0 Å². The van der Waals surface area contributed by atoms with Crippen molar-refractivity contribution in [2.75, 3.05) is 46.1 Å². The Morgan fingerprint density at radius 2 is 1.64 bits per heavy atom. The molecule has 3 unspecified atom stereocenters. The van der Waals surface area contributed by atoms with Gasteiger partial charge in [-0.05, 0) is 65.3 Å². The van der Waals surface area contributed by atoms with Crippen LogP contribution in [0.3, 0.4) is 0 Å². The molecule has 246 valence electrons. The molecule has 0 saturated carbocycles. The highest BCUT2D eigenvalue weighted by Gasteiger charge is 2.38. The Morgan fingerprint density at radius 3 is 2.25 bits per heavy atom. The van der Waals surface area contributed by atoms with Crippen LogP contribution in [0.2, 0.25) is 0 Å². The summed E-state index contributed by atoms with van der Waals surface area (Å²) in [4.78, 5) is 55.1. The number of aliphatic imine (C=N–C) groups is 1. The average Bonchev–Trinajstić information content (AvgIpc) is 3.01. The zero-order valence-corrected chi connectivity index (χ0v) is 27.0. The molecular formula is C33H53N5O6. The van der Waals surface area contributed by atoms with Crippen LogP contribution in [0.4, 0.5) is 0 Å². The molecule has 0 spiro atoms. The first-order valence-corrected chi connectivity index (χ1v) is 15.4. The molecule has 0 bridgehead atoms. The van der Waals surface area contributed by atoms with Gasteiger partial charge < -0.3 is 25.8 Å². The van der Waals surface area contributed by atoms with E-state index in [0.29, 0.717) is 77.3 Å². The molecule has 2 amide bonds. The molecule has 0 fully saturated rings. The van der Waals surface area contributed by atoms with Gasteiger partial charge in [0.15, 0.2) is 11.6 Å². The van der Waals surface area contributed by atoms with Gasteiger partial charge in [0, 0.05) is 31.5 Å². The van der Waals surface area contributed by atoms with E-state index >= 15 is 0 Å². The first kappa shape index (κ1) is 38.8. The van der Waals surface area contributed by atoms with Gasteiger partial charge in [0.1, 0.15) is 0 Å². The first-order chi connectivity index (χ1) is 20.9. The van der Waals surface area contributed by atoms with Crippen molar-refractivity contribution in [3.63, 3.8) is 0 Å². The van der Waals surface area contributed by atoms with Crippen molar-refractivity contribution in [2.45, 2.75) is 83.3 Å². The maximum Gasteiger partial charge on any atom is 0.251 e. The SMILES string of the molecule is C=CC(C)(N)C(=O)C(CCCCNC(=O)c1ccc(C)cc1)NC(C)(CC)C(=O)CCC(=O)NCCOCCOCCN=C. The molecule has 0 aliphatic heterocycles. The Bertz CT molecular complexity index is 1070. The van der Waals surface area contributed by atoms with Crippen LogP contribution in [0.15, 0.2) is 41.9 Å². The van der Waals surface area contributed by atoms with Crippen molar-refractivity contribution in [3.8, 4) is 0 Å². The fraction of sp³-hybridized carbons (Fsp3) is 0.606. The summed E-state index contributed by atoms with van der Waals surface area (Å²) in [5.41, 5.74) is 5.56. The van der Waals surface area contributed by atoms with E-state index in [2.05, 4.69) is 34.2 Å². The number of aryl methyl sites for hydroxylation is 1. The van der Waals surface area contributed by atoms with Gasteiger partial charge in [-0.25, -0.2) is 0 Å². The first-order valence-electron chi connectivity index (χ1n) is 15.4. The number of benzene rings is 1. The number of hydrogen-bond acceptors (Lipinski definition) is 9. The number of nitrogens with zero attached hydrogens (tertiary/aromatic N) is 1. The minimum atomic E-state index is -1.29. The number of amides is 2. The van der Waals surface area contributed by atoms with Gasteiger partial charge >= 0.3 is 0 Å². The standard InChI is InChI=1S/C33H53N5O6/c1-7-32(4,34)30(41)27(11-9-10-18-37-31(42)26-14-12-25(3)13-15-26)38-33(5,8-2)28(39)16-17-29(40)36-20-22-44-24-23-43-21-19-35-6/h7,12-15,27,38H,1,6,8-11,16-24,34H2,2-5H3,(H,36,40)(H,37,42). The highest BCUT2D eigenvalue weighted by molar-refractivity contribution is 5.96. The molecule has 0 aliphatic carbocycles. The summed E-state index contributed by atoms with van der Waals surface area (Å²) in [6.07, 6.45) is 3.52. The molecule has 44 heavy (non-hydrogen) atoms. The van der Waals surface area contributed by atoms with Crippen LogP contribution >= 0.6 is 0 Å². The maximum atomic E-state index is 13.4.